The summed E-state index contributed by atoms with van der Waals surface area (Å²) in [5, 5.41) is 3.80. The van der Waals surface area contributed by atoms with Crippen LogP contribution in [0.2, 0.25) is 5.02 Å². The van der Waals surface area contributed by atoms with E-state index in [1.807, 2.05) is 26.0 Å². The fourth-order valence-electron chi connectivity index (χ4n) is 2.15. The van der Waals surface area contributed by atoms with Crippen LogP contribution in [0.3, 0.4) is 0 Å². The molecule has 0 unspecified atom stereocenters. The molecule has 1 aromatic heterocycles. The van der Waals surface area contributed by atoms with Crippen molar-refractivity contribution in [2.75, 3.05) is 11.9 Å². The smallest absolute Gasteiger partial charge is 0.132 e. The van der Waals surface area contributed by atoms with Crippen LogP contribution in [0.1, 0.15) is 29.3 Å². The molecule has 0 bridgehead atoms. The van der Waals surface area contributed by atoms with Gasteiger partial charge in [-0.1, -0.05) is 23.7 Å². The molecule has 0 saturated heterocycles. The van der Waals surface area contributed by atoms with Crippen molar-refractivity contribution in [1.29, 1.82) is 0 Å². The van der Waals surface area contributed by atoms with Crippen molar-refractivity contribution in [2.45, 2.75) is 34.3 Å². The largest absolute Gasteiger partial charge is 0.487 e. The Morgan fingerprint density at radius 2 is 1.81 bits per heavy atom. The van der Waals surface area contributed by atoms with Gasteiger partial charge in [0.25, 0.3) is 0 Å². The number of aromatic nitrogens is 1. The molecule has 0 atom stereocenters. The number of hydrogen-bond donors (Lipinski definition) is 1. The number of benzene rings is 1. The van der Waals surface area contributed by atoms with E-state index in [1.54, 1.807) is 0 Å². The number of anilines is 1. The van der Waals surface area contributed by atoms with Gasteiger partial charge in [0.05, 0.1) is 10.7 Å². The predicted octanol–water partition coefficient (Wildman–Crippen LogP) is 4.67. The molecule has 112 valence electrons. The molecule has 0 radical (unpaired) electrons. The maximum absolute atomic E-state index is 6.20. The summed E-state index contributed by atoms with van der Waals surface area (Å²) in [7, 11) is 0. The van der Waals surface area contributed by atoms with Crippen LogP contribution in [0.25, 0.3) is 0 Å². The minimum absolute atomic E-state index is 0.364. The monoisotopic (exact) mass is 304 g/mol. The third kappa shape index (κ3) is 3.67. The summed E-state index contributed by atoms with van der Waals surface area (Å²) in [5.74, 6) is 1.74. The Hall–Kier alpha value is -1.74. The predicted molar refractivity (Wildman–Crippen MR) is 88.4 cm³/mol. The highest BCUT2D eigenvalue weighted by Gasteiger charge is 2.09. The second-order valence-corrected chi connectivity index (χ2v) is 5.50. The summed E-state index contributed by atoms with van der Waals surface area (Å²) in [4.78, 5) is 4.49. The molecule has 3 nitrogen and oxygen atoms in total. The molecule has 4 heteroatoms. The number of hydrogen-bond acceptors (Lipinski definition) is 3. The Labute approximate surface area is 131 Å². The van der Waals surface area contributed by atoms with E-state index in [0.717, 1.165) is 34.9 Å². The molecule has 21 heavy (non-hydrogen) atoms. The van der Waals surface area contributed by atoms with Crippen LogP contribution in [0.5, 0.6) is 5.75 Å². The van der Waals surface area contributed by atoms with E-state index in [0.29, 0.717) is 11.6 Å². The van der Waals surface area contributed by atoms with Gasteiger partial charge in [-0.3, -0.25) is 0 Å². The first-order valence-corrected chi connectivity index (χ1v) is 7.49. The van der Waals surface area contributed by atoms with E-state index < -0.39 is 0 Å². The number of nitrogens with one attached hydrogen (secondary N) is 1. The van der Waals surface area contributed by atoms with Gasteiger partial charge in [0.15, 0.2) is 0 Å². The third-order valence-electron chi connectivity index (χ3n) is 3.50. The first kappa shape index (κ1) is 15.6. The lowest BCUT2D eigenvalue weighted by Gasteiger charge is -2.14. The SMILES string of the molecule is CCNc1ccc(Cl)c(COc2c(C)ccc(C)c2C)n1. The molecular formula is C17H21ClN2O. The molecule has 0 saturated carbocycles. The highest BCUT2D eigenvalue weighted by molar-refractivity contribution is 6.31. The van der Waals surface area contributed by atoms with E-state index in [4.69, 9.17) is 16.3 Å². The zero-order valence-electron chi connectivity index (χ0n) is 13.0. The van der Waals surface area contributed by atoms with Crippen molar-refractivity contribution in [1.82, 2.24) is 4.98 Å². The highest BCUT2D eigenvalue weighted by Crippen LogP contribution is 2.27. The molecular weight excluding hydrogens is 284 g/mol. The van der Waals surface area contributed by atoms with Gasteiger partial charge in [-0.05, 0) is 56.5 Å². The molecule has 2 aromatic rings. The molecule has 0 amide bonds. The van der Waals surface area contributed by atoms with E-state index in [1.165, 1.54) is 5.56 Å². The molecule has 1 heterocycles. The van der Waals surface area contributed by atoms with Crippen molar-refractivity contribution >= 4 is 17.4 Å². The second-order valence-electron chi connectivity index (χ2n) is 5.10. The lowest BCUT2D eigenvalue weighted by Crippen LogP contribution is -2.05. The Morgan fingerprint density at radius 3 is 2.52 bits per heavy atom. The maximum atomic E-state index is 6.20. The first-order valence-electron chi connectivity index (χ1n) is 7.11. The van der Waals surface area contributed by atoms with Gasteiger partial charge in [0.2, 0.25) is 0 Å². The van der Waals surface area contributed by atoms with Crippen LogP contribution < -0.4 is 10.1 Å². The molecule has 2 rings (SSSR count). The van der Waals surface area contributed by atoms with Crippen LogP contribution >= 0.6 is 11.6 Å². The quantitative estimate of drug-likeness (QED) is 0.871. The van der Waals surface area contributed by atoms with Crippen LogP contribution in [-0.2, 0) is 6.61 Å². The standard InChI is InChI=1S/C17H21ClN2O/c1-5-19-16-9-8-14(18)15(20-16)10-21-17-12(3)7-6-11(2)13(17)4/h6-9H,5,10H2,1-4H3,(H,19,20). The fraction of sp³-hybridized carbons (Fsp3) is 0.353. The molecule has 0 aliphatic rings. The summed E-state index contributed by atoms with van der Waals surface area (Å²) < 4.78 is 5.97. The van der Waals surface area contributed by atoms with Crippen molar-refractivity contribution in [2.24, 2.45) is 0 Å². The lowest BCUT2D eigenvalue weighted by atomic mass is 10.1. The van der Waals surface area contributed by atoms with Crippen LogP contribution in [0.4, 0.5) is 5.82 Å². The summed E-state index contributed by atoms with van der Waals surface area (Å²) in [6.07, 6.45) is 0. The minimum Gasteiger partial charge on any atom is -0.487 e. The Morgan fingerprint density at radius 1 is 1.10 bits per heavy atom. The van der Waals surface area contributed by atoms with E-state index in [-0.39, 0.29) is 0 Å². The van der Waals surface area contributed by atoms with Crippen molar-refractivity contribution < 1.29 is 4.74 Å². The summed E-state index contributed by atoms with van der Waals surface area (Å²) >= 11 is 6.20. The molecule has 0 fully saturated rings. The summed E-state index contributed by atoms with van der Waals surface area (Å²) in [5.41, 5.74) is 4.25. The fourth-order valence-corrected chi connectivity index (χ4v) is 2.31. The van der Waals surface area contributed by atoms with Crippen LogP contribution in [-0.4, -0.2) is 11.5 Å². The summed E-state index contributed by atoms with van der Waals surface area (Å²) in [6.45, 7) is 9.42. The zero-order valence-corrected chi connectivity index (χ0v) is 13.7. The zero-order chi connectivity index (χ0) is 15.4. The summed E-state index contributed by atoms with van der Waals surface area (Å²) in [6, 6.07) is 7.90. The van der Waals surface area contributed by atoms with Gasteiger partial charge in [-0.15, -0.1) is 0 Å². The molecule has 1 N–H and O–H groups in total. The molecule has 1 aromatic carbocycles. The number of ether oxygens (including phenoxy) is 1. The average molecular weight is 305 g/mol. The number of aryl methyl sites for hydroxylation is 2. The molecule has 0 spiro atoms. The van der Waals surface area contributed by atoms with Crippen molar-refractivity contribution in [3.63, 3.8) is 0 Å². The Balaban J connectivity index is 2.20. The Kier molecular flexibility index (Phi) is 5.07. The number of pyridine rings is 1. The molecule has 0 aliphatic carbocycles. The van der Waals surface area contributed by atoms with Gasteiger partial charge in [-0.25, -0.2) is 4.98 Å². The van der Waals surface area contributed by atoms with Crippen LogP contribution in [0, 0.1) is 20.8 Å². The molecule has 0 aliphatic heterocycles. The van der Waals surface area contributed by atoms with E-state index in [9.17, 15) is 0 Å². The van der Waals surface area contributed by atoms with Gasteiger partial charge in [0, 0.05) is 6.54 Å². The number of rotatable bonds is 5. The third-order valence-corrected chi connectivity index (χ3v) is 3.85. The highest BCUT2D eigenvalue weighted by atomic mass is 35.5. The van der Waals surface area contributed by atoms with E-state index >= 15 is 0 Å². The minimum atomic E-state index is 0.364. The van der Waals surface area contributed by atoms with Crippen LogP contribution in [0.15, 0.2) is 24.3 Å². The maximum Gasteiger partial charge on any atom is 0.132 e. The normalized spacial score (nSPS) is 10.5. The number of halogens is 1. The van der Waals surface area contributed by atoms with Gasteiger partial charge in [0.1, 0.15) is 18.2 Å². The topological polar surface area (TPSA) is 34.1 Å². The van der Waals surface area contributed by atoms with Crippen molar-refractivity contribution in [3.05, 3.63) is 51.7 Å². The van der Waals surface area contributed by atoms with Crippen molar-refractivity contribution in [3.8, 4) is 5.75 Å². The van der Waals surface area contributed by atoms with Gasteiger partial charge < -0.3 is 10.1 Å². The Bertz CT molecular complexity index is 641. The number of nitrogens with zero attached hydrogens (tertiary/aromatic N) is 1. The lowest BCUT2D eigenvalue weighted by molar-refractivity contribution is 0.297. The van der Waals surface area contributed by atoms with Gasteiger partial charge in [-0.2, -0.15) is 0 Å². The van der Waals surface area contributed by atoms with E-state index in [2.05, 4.69) is 36.3 Å². The first-order chi connectivity index (χ1) is 10.0. The van der Waals surface area contributed by atoms with Gasteiger partial charge >= 0.3 is 0 Å². The second kappa shape index (κ2) is 6.81. The average Bonchev–Trinajstić information content (AvgIpc) is 2.46.